The van der Waals surface area contributed by atoms with Crippen molar-refractivity contribution in [2.45, 2.75) is 104 Å². The van der Waals surface area contributed by atoms with E-state index in [0.29, 0.717) is 0 Å². The molecule has 0 aliphatic rings. The molecular weight excluding hydrogens is 426 g/mol. The van der Waals surface area contributed by atoms with E-state index in [4.69, 9.17) is 19.2 Å². The smallest absolute Gasteiger partial charge is 0.408 e. The molecule has 186 valence electrons. The van der Waals surface area contributed by atoms with E-state index >= 15 is 0 Å². The van der Waals surface area contributed by atoms with Gasteiger partial charge in [-0.05, 0) is 46.1 Å². The Kier molecular flexibility index (Phi) is 13.1. The highest BCUT2D eigenvalue weighted by Gasteiger charge is 2.27. The first-order valence-electron chi connectivity index (χ1n) is 11.7. The number of unbranched alkanes of at least 4 members (excludes halogenated alkanes) is 3. The second-order valence-electron chi connectivity index (χ2n) is 9.04. The number of amides is 1. The van der Waals surface area contributed by atoms with Crippen LogP contribution in [0.25, 0.3) is 0 Å². The van der Waals surface area contributed by atoms with Gasteiger partial charge in [-0.15, -0.1) is 0 Å². The average molecular weight is 466 g/mol. The highest BCUT2D eigenvalue weighted by molar-refractivity contribution is 5.82. The normalized spacial score (nSPS) is 13.0. The third-order valence-corrected chi connectivity index (χ3v) is 4.61. The second kappa shape index (κ2) is 15.3. The maximum absolute atomic E-state index is 12.6. The number of rotatable bonds is 14. The summed E-state index contributed by atoms with van der Waals surface area (Å²) in [4.78, 5) is 46.9. The third-order valence-electron chi connectivity index (χ3n) is 4.61. The number of ether oxygens (including phenoxy) is 2. The van der Waals surface area contributed by atoms with Gasteiger partial charge in [0.15, 0.2) is 0 Å². The minimum atomic E-state index is -1.07. The monoisotopic (exact) mass is 465 g/mol. The van der Waals surface area contributed by atoms with Crippen molar-refractivity contribution in [3.05, 3.63) is 35.9 Å². The number of esters is 1. The first-order valence-corrected chi connectivity index (χ1v) is 11.7. The first kappa shape index (κ1) is 28.4. The summed E-state index contributed by atoms with van der Waals surface area (Å²) in [6.07, 6.45) is 4.09. The van der Waals surface area contributed by atoms with E-state index < -0.39 is 29.7 Å². The van der Waals surface area contributed by atoms with E-state index in [1.807, 2.05) is 37.3 Å². The van der Waals surface area contributed by atoms with E-state index in [9.17, 15) is 14.4 Å². The molecular formula is C25H39NO7. The lowest BCUT2D eigenvalue weighted by molar-refractivity contribution is -0.295. The highest BCUT2D eigenvalue weighted by atomic mass is 17.2. The molecule has 0 spiro atoms. The van der Waals surface area contributed by atoms with Crippen LogP contribution in [0.5, 0.6) is 0 Å². The van der Waals surface area contributed by atoms with Gasteiger partial charge in [-0.25, -0.2) is 14.4 Å². The van der Waals surface area contributed by atoms with Crippen LogP contribution in [0.2, 0.25) is 0 Å². The summed E-state index contributed by atoms with van der Waals surface area (Å²) in [5.74, 6) is -1.29. The van der Waals surface area contributed by atoms with Crippen LogP contribution in [0.4, 0.5) is 4.79 Å². The predicted octanol–water partition coefficient (Wildman–Crippen LogP) is 5.24. The van der Waals surface area contributed by atoms with Crippen molar-refractivity contribution in [1.29, 1.82) is 0 Å². The van der Waals surface area contributed by atoms with Crippen LogP contribution in [0.3, 0.4) is 0 Å². The standard InChI is InChI=1S/C25H39NO7/c1-6-7-8-10-13-19(2)32-33-22(27)17-16-21(26-24(29)31-25(3,4)5)23(28)30-18-20-14-11-9-12-15-20/h9,11-12,14-15,19,21H,6-8,10,13,16-18H2,1-5H3,(H,26,29)/t19-,21-/m0/s1. The Bertz CT molecular complexity index is 715. The SMILES string of the molecule is CCCCCC[C@H](C)OOC(=O)CC[C@H](NC(=O)OC(C)(C)C)C(=O)OCc1ccccc1. The zero-order valence-corrected chi connectivity index (χ0v) is 20.6. The molecule has 0 heterocycles. The molecule has 1 amide bonds. The van der Waals surface area contributed by atoms with E-state index in [1.54, 1.807) is 20.8 Å². The molecule has 0 aliphatic carbocycles. The van der Waals surface area contributed by atoms with Crippen LogP contribution in [0.15, 0.2) is 30.3 Å². The second-order valence-corrected chi connectivity index (χ2v) is 9.04. The molecule has 0 unspecified atom stereocenters. The summed E-state index contributed by atoms with van der Waals surface area (Å²) in [6.45, 7) is 9.18. The topological polar surface area (TPSA) is 100 Å². The maximum atomic E-state index is 12.6. The zero-order chi connectivity index (χ0) is 24.7. The van der Waals surface area contributed by atoms with Gasteiger partial charge in [-0.2, -0.15) is 4.89 Å². The van der Waals surface area contributed by atoms with Crippen LogP contribution >= 0.6 is 0 Å². The van der Waals surface area contributed by atoms with Crippen molar-refractivity contribution in [2.24, 2.45) is 0 Å². The van der Waals surface area contributed by atoms with E-state index in [-0.39, 0.29) is 25.6 Å². The van der Waals surface area contributed by atoms with Crippen LogP contribution in [-0.4, -0.2) is 35.8 Å². The van der Waals surface area contributed by atoms with Gasteiger partial charge in [-0.3, -0.25) is 4.89 Å². The van der Waals surface area contributed by atoms with Gasteiger partial charge in [0.05, 0.1) is 6.42 Å². The number of carbonyl (C=O) groups excluding carboxylic acids is 3. The number of nitrogens with one attached hydrogen (secondary N) is 1. The molecule has 8 heteroatoms. The average Bonchev–Trinajstić information content (AvgIpc) is 2.76. The quantitative estimate of drug-likeness (QED) is 0.174. The third kappa shape index (κ3) is 14.2. The van der Waals surface area contributed by atoms with Gasteiger partial charge < -0.3 is 14.8 Å². The Morgan fingerprint density at radius 1 is 1.00 bits per heavy atom. The van der Waals surface area contributed by atoms with E-state index in [2.05, 4.69) is 12.2 Å². The zero-order valence-electron chi connectivity index (χ0n) is 20.6. The van der Waals surface area contributed by atoms with Gasteiger partial charge in [-0.1, -0.05) is 62.9 Å². The lowest BCUT2D eigenvalue weighted by Crippen LogP contribution is -2.44. The fraction of sp³-hybridized carbons (Fsp3) is 0.640. The highest BCUT2D eigenvalue weighted by Crippen LogP contribution is 2.12. The van der Waals surface area contributed by atoms with Crippen LogP contribution in [0.1, 0.15) is 85.1 Å². The fourth-order valence-corrected chi connectivity index (χ4v) is 2.87. The van der Waals surface area contributed by atoms with Gasteiger partial charge >= 0.3 is 18.0 Å². The number of hydrogen-bond acceptors (Lipinski definition) is 7. The van der Waals surface area contributed by atoms with Crippen molar-refractivity contribution in [3.8, 4) is 0 Å². The Balaban J connectivity index is 2.55. The molecule has 8 nitrogen and oxygen atoms in total. The molecule has 1 aromatic carbocycles. The molecule has 1 N–H and O–H groups in total. The Hall–Kier alpha value is -2.61. The molecule has 0 radical (unpaired) electrons. The molecule has 0 bridgehead atoms. The van der Waals surface area contributed by atoms with Crippen LogP contribution in [0, 0.1) is 0 Å². The van der Waals surface area contributed by atoms with Crippen LogP contribution < -0.4 is 5.32 Å². The molecule has 2 atom stereocenters. The van der Waals surface area contributed by atoms with Gasteiger partial charge in [0.2, 0.25) is 0 Å². The molecule has 0 saturated carbocycles. The molecule has 33 heavy (non-hydrogen) atoms. The maximum Gasteiger partial charge on any atom is 0.408 e. The predicted molar refractivity (Wildman–Crippen MR) is 124 cm³/mol. The summed E-state index contributed by atoms with van der Waals surface area (Å²) in [7, 11) is 0. The fourth-order valence-electron chi connectivity index (χ4n) is 2.87. The van der Waals surface area contributed by atoms with Gasteiger partial charge in [0, 0.05) is 0 Å². The minimum absolute atomic E-state index is 0.0139. The molecule has 0 saturated heterocycles. The Morgan fingerprint density at radius 2 is 1.70 bits per heavy atom. The number of alkyl carbamates (subject to hydrolysis) is 1. The number of benzene rings is 1. The number of carbonyl (C=O) groups is 3. The lowest BCUT2D eigenvalue weighted by Gasteiger charge is -2.23. The molecule has 1 rings (SSSR count). The summed E-state index contributed by atoms with van der Waals surface area (Å²) in [5, 5.41) is 2.49. The van der Waals surface area contributed by atoms with Crippen LogP contribution in [-0.2, 0) is 35.4 Å². The minimum Gasteiger partial charge on any atom is -0.459 e. The van der Waals surface area contributed by atoms with Crippen molar-refractivity contribution in [2.75, 3.05) is 0 Å². The van der Waals surface area contributed by atoms with Crippen molar-refractivity contribution in [3.63, 3.8) is 0 Å². The molecule has 0 fully saturated rings. The Labute approximate surface area is 197 Å². The van der Waals surface area contributed by atoms with Crippen molar-refractivity contribution < 1.29 is 33.6 Å². The van der Waals surface area contributed by atoms with E-state index in [0.717, 1.165) is 31.2 Å². The van der Waals surface area contributed by atoms with E-state index in [1.165, 1.54) is 6.42 Å². The van der Waals surface area contributed by atoms with Crippen molar-refractivity contribution in [1.82, 2.24) is 5.32 Å². The molecule has 1 aromatic rings. The summed E-state index contributed by atoms with van der Waals surface area (Å²) in [6, 6.07) is 8.10. The number of hydrogen-bond donors (Lipinski definition) is 1. The van der Waals surface area contributed by atoms with Crippen molar-refractivity contribution >= 4 is 18.0 Å². The summed E-state index contributed by atoms with van der Waals surface area (Å²) < 4.78 is 10.5. The largest absolute Gasteiger partial charge is 0.459 e. The lowest BCUT2D eigenvalue weighted by atomic mass is 10.1. The molecule has 0 aromatic heterocycles. The van der Waals surface area contributed by atoms with Gasteiger partial charge in [0.25, 0.3) is 0 Å². The van der Waals surface area contributed by atoms with Gasteiger partial charge in [0.1, 0.15) is 24.4 Å². The first-order chi connectivity index (χ1) is 15.6. The summed E-state index contributed by atoms with van der Waals surface area (Å²) >= 11 is 0. The summed E-state index contributed by atoms with van der Waals surface area (Å²) in [5.41, 5.74) is 0.0744. The molecule has 0 aliphatic heterocycles. The Morgan fingerprint density at radius 3 is 2.33 bits per heavy atom.